The number of para-hydroxylation sites is 1. The maximum atomic E-state index is 12.7. The van der Waals surface area contributed by atoms with Gasteiger partial charge in [-0.05, 0) is 37.1 Å². The number of urea groups is 1. The summed E-state index contributed by atoms with van der Waals surface area (Å²) in [7, 11) is 0. The highest BCUT2D eigenvalue weighted by Gasteiger charge is 2.14. The molecule has 0 unspecified atom stereocenters. The molecule has 2 aromatic rings. The number of ether oxygens (including phenoxy) is 1. The smallest absolute Gasteiger partial charge is 0.319 e. The van der Waals surface area contributed by atoms with Gasteiger partial charge in [0.05, 0.1) is 24.5 Å². The molecule has 0 atom stereocenters. The SMILES string of the molecule is CC(C)NC(=O)Nc1ccccc1C(=O)NCc1ccc(CN2CCOCC2)cc1. The molecule has 7 heteroatoms. The van der Waals surface area contributed by atoms with Gasteiger partial charge < -0.3 is 20.7 Å². The molecule has 1 heterocycles. The Morgan fingerprint density at radius 3 is 2.37 bits per heavy atom. The van der Waals surface area contributed by atoms with Crippen LogP contribution in [0.15, 0.2) is 48.5 Å². The first kappa shape index (κ1) is 21.8. The molecule has 0 aliphatic carbocycles. The molecule has 1 aliphatic heterocycles. The summed E-state index contributed by atoms with van der Waals surface area (Å²) in [6, 6.07) is 14.9. The number of nitrogens with zero attached hydrogens (tertiary/aromatic N) is 1. The first-order chi connectivity index (χ1) is 14.5. The average molecular weight is 411 g/mol. The molecule has 2 aromatic carbocycles. The Labute approximate surface area is 177 Å². The average Bonchev–Trinajstić information content (AvgIpc) is 2.73. The van der Waals surface area contributed by atoms with Gasteiger partial charge in [0, 0.05) is 32.2 Å². The van der Waals surface area contributed by atoms with E-state index in [1.165, 1.54) is 5.56 Å². The van der Waals surface area contributed by atoms with Crippen LogP contribution in [-0.4, -0.2) is 49.2 Å². The van der Waals surface area contributed by atoms with Crippen LogP contribution in [0.1, 0.15) is 35.3 Å². The van der Waals surface area contributed by atoms with Crippen molar-refractivity contribution in [2.24, 2.45) is 0 Å². The third-order valence-electron chi connectivity index (χ3n) is 4.83. The molecule has 3 N–H and O–H groups in total. The van der Waals surface area contributed by atoms with Gasteiger partial charge >= 0.3 is 6.03 Å². The highest BCUT2D eigenvalue weighted by atomic mass is 16.5. The normalized spacial score (nSPS) is 14.4. The number of rotatable bonds is 7. The molecule has 0 radical (unpaired) electrons. The van der Waals surface area contributed by atoms with Crippen molar-refractivity contribution in [1.29, 1.82) is 0 Å². The quantitative estimate of drug-likeness (QED) is 0.655. The lowest BCUT2D eigenvalue weighted by Gasteiger charge is -2.26. The fourth-order valence-electron chi connectivity index (χ4n) is 3.27. The second-order valence-corrected chi connectivity index (χ2v) is 7.69. The van der Waals surface area contributed by atoms with Gasteiger partial charge in [-0.25, -0.2) is 4.79 Å². The molecule has 0 bridgehead atoms. The summed E-state index contributed by atoms with van der Waals surface area (Å²) < 4.78 is 5.39. The second kappa shape index (κ2) is 10.8. The molecule has 1 saturated heterocycles. The van der Waals surface area contributed by atoms with E-state index in [9.17, 15) is 9.59 Å². The van der Waals surface area contributed by atoms with Crippen molar-refractivity contribution in [3.8, 4) is 0 Å². The van der Waals surface area contributed by atoms with E-state index in [2.05, 4.69) is 33.0 Å². The van der Waals surface area contributed by atoms with Crippen molar-refractivity contribution < 1.29 is 14.3 Å². The molecule has 1 aliphatic rings. The number of amides is 3. The lowest BCUT2D eigenvalue weighted by atomic mass is 10.1. The number of nitrogens with one attached hydrogen (secondary N) is 3. The van der Waals surface area contributed by atoms with Gasteiger partial charge in [0.1, 0.15) is 0 Å². The predicted molar refractivity (Wildman–Crippen MR) is 117 cm³/mol. The summed E-state index contributed by atoms with van der Waals surface area (Å²) in [6.45, 7) is 8.59. The van der Waals surface area contributed by atoms with Crippen LogP contribution in [0.5, 0.6) is 0 Å². The number of hydrogen-bond donors (Lipinski definition) is 3. The van der Waals surface area contributed by atoms with Crippen molar-refractivity contribution in [3.05, 3.63) is 65.2 Å². The highest BCUT2D eigenvalue weighted by Crippen LogP contribution is 2.15. The Hall–Kier alpha value is -2.90. The first-order valence-electron chi connectivity index (χ1n) is 10.3. The zero-order chi connectivity index (χ0) is 21.3. The standard InChI is InChI=1S/C23H30N4O3/c1-17(2)25-23(29)26-21-6-4-3-5-20(21)22(28)24-15-18-7-9-19(10-8-18)16-27-11-13-30-14-12-27/h3-10,17H,11-16H2,1-2H3,(H,24,28)(H2,25,26,29). The molecule has 7 nitrogen and oxygen atoms in total. The van der Waals surface area contributed by atoms with Crippen LogP contribution < -0.4 is 16.0 Å². The lowest BCUT2D eigenvalue weighted by Crippen LogP contribution is -2.35. The summed E-state index contributed by atoms with van der Waals surface area (Å²) in [5, 5.41) is 8.43. The van der Waals surface area contributed by atoms with Crippen LogP contribution in [-0.2, 0) is 17.8 Å². The molecule has 3 rings (SSSR count). The van der Waals surface area contributed by atoms with Crippen molar-refractivity contribution in [2.75, 3.05) is 31.6 Å². The van der Waals surface area contributed by atoms with Crippen LogP contribution in [0.2, 0.25) is 0 Å². The van der Waals surface area contributed by atoms with E-state index in [1.807, 2.05) is 26.0 Å². The molecular weight excluding hydrogens is 380 g/mol. The van der Waals surface area contributed by atoms with Crippen molar-refractivity contribution in [2.45, 2.75) is 33.0 Å². The van der Waals surface area contributed by atoms with Gasteiger partial charge in [0.25, 0.3) is 5.91 Å². The number of carbonyl (C=O) groups excluding carboxylic acids is 2. The van der Waals surface area contributed by atoms with Gasteiger partial charge in [-0.3, -0.25) is 9.69 Å². The zero-order valence-corrected chi connectivity index (χ0v) is 17.6. The first-order valence-corrected chi connectivity index (χ1v) is 10.3. The van der Waals surface area contributed by atoms with E-state index in [0.29, 0.717) is 17.8 Å². The van der Waals surface area contributed by atoms with Gasteiger partial charge in [0.2, 0.25) is 0 Å². The fourth-order valence-corrected chi connectivity index (χ4v) is 3.27. The predicted octanol–water partition coefficient (Wildman–Crippen LogP) is 2.98. The molecule has 160 valence electrons. The fraction of sp³-hybridized carbons (Fsp3) is 0.391. The lowest BCUT2D eigenvalue weighted by molar-refractivity contribution is 0.0342. The third kappa shape index (κ3) is 6.57. The number of carbonyl (C=O) groups is 2. The minimum atomic E-state index is -0.332. The maximum absolute atomic E-state index is 12.7. The van der Waals surface area contributed by atoms with Crippen LogP contribution >= 0.6 is 0 Å². The highest BCUT2D eigenvalue weighted by molar-refractivity contribution is 6.03. The van der Waals surface area contributed by atoms with Gasteiger partial charge in [-0.1, -0.05) is 36.4 Å². The summed E-state index contributed by atoms with van der Waals surface area (Å²) in [4.78, 5) is 27.0. The Kier molecular flexibility index (Phi) is 7.82. The van der Waals surface area contributed by atoms with Crippen LogP contribution in [0.25, 0.3) is 0 Å². The van der Waals surface area contributed by atoms with Crippen molar-refractivity contribution in [1.82, 2.24) is 15.5 Å². The van der Waals surface area contributed by atoms with E-state index in [-0.39, 0.29) is 18.0 Å². The molecule has 1 fully saturated rings. The Balaban J connectivity index is 1.54. The summed E-state index contributed by atoms with van der Waals surface area (Å²) in [5.41, 5.74) is 3.18. The maximum Gasteiger partial charge on any atom is 0.319 e. The zero-order valence-electron chi connectivity index (χ0n) is 17.6. The van der Waals surface area contributed by atoms with Gasteiger partial charge in [-0.15, -0.1) is 0 Å². The van der Waals surface area contributed by atoms with Crippen LogP contribution in [0.4, 0.5) is 10.5 Å². The summed E-state index contributed by atoms with van der Waals surface area (Å²) >= 11 is 0. The number of hydrogen-bond acceptors (Lipinski definition) is 4. The monoisotopic (exact) mass is 410 g/mol. The van der Waals surface area contributed by atoms with Crippen molar-refractivity contribution >= 4 is 17.6 Å². The Bertz CT molecular complexity index is 846. The number of morpholine rings is 1. The minimum Gasteiger partial charge on any atom is -0.379 e. The summed E-state index contributed by atoms with van der Waals surface area (Å²) in [5.74, 6) is -0.229. The topological polar surface area (TPSA) is 82.7 Å². The van der Waals surface area contributed by atoms with Gasteiger partial charge in [0.15, 0.2) is 0 Å². The van der Waals surface area contributed by atoms with Crippen molar-refractivity contribution in [3.63, 3.8) is 0 Å². The van der Waals surface area contributed by atoms with Crippen LogP contribution in [0.3, 0.4) is 0 Å². The second-order valence-electron chi connectivity index (χ2n) is 7.69. The van der Waals surface area contributed by atoms with E-state index < -0.39 is 0 Å². The van der Waals surface area contributed by atoms with E-state index in [0.717, 1.165) is 38.4 Å². The molecule has 30 heavy (non-hydrogen) atoms. The van der Waals surface area contributed by atoms with Gasteiger partial charge in [-0.2, -0.15) is 0 Å². The molecule has 0 aromatic heterocycles. The summed E-state index contributed by atoms with van der Waals surface area (Å²) in [6.07, 6.45) is 0. The van der Waals surface area contributed by atoms with E-state index in [4.69, 9.17) is 4.74 Å². The number of benzene rings is 2. The molecular formula is C23H30N4O3. The van der Waals surface area contributed by atoms with E-state index >= 15 is 0 Å². The molecule has 0 spiro atoms. The van der Waals surface area contributed by atoms with Crippen LogP contribution in [0, 0.1) is 0 Å². The minimum absolute atomic E-state index is 0.0113. The Morgan fingerprint density at radius 1 is 1.00 bits per heavy atom. The molecule has 3 amide bonds. The largest absolute Gasteiger partial charge is 0.379 e. The third-order valence-corrected chi connectivity index (χ3v) is 4.83. The van der Waals surface area contributed by atoms with E-state index in [1.54, 1.807) is 24.3 Å². The number of anilines is 1. The molecule has 0 saturated carbocycles. The Morgan fingerprint density at radius 2 is 1.67 bits per heavy atom.